The normalized spacial score (nSPS) is 12.2. The molecule has 1 aromatic heterocycles. The summed E-state index contributed by atoms with van der Waals surface area (Å²) in [5, 5.41) is 24.5. The number of carboxylic acid groups (broad SMARTS) is 1. The summed E-state index contributed by atoms with van der Waals surface area (Å²) in [6.45, 7) is 1.20. The fourth-order valence-electron chi connectivity index (χ4n) is 2.56. The topological polar surface area (TPSA) is 157 Å². The minimum absolute atomic E-state index is 0.0105. The summed E-state index contributed by atoms with van der Waals surface area (Å²) in [5.41, 5.74) is -1.71. The summed E-state index contributed by atoms with van der Waals surface area (Å²) < 4.78 is 6.09. The van der Waals surface area contributed by atoms with Crippen molar-refractivity contribution in [3.05, 3.63) is 77.4 Å². The Morgan fingerprint density at radius 3 is 2.73 bits per heavy atom. The lowest BCUT2D eigenvalue weighted by Gasteiger charge is -2.13. The predicted octanol–water partition coefficient (Wildman–Crippen LogP) is 2.09. The van der Waals surface area contributed by atoms with Crippen LogP contribution in [-0.4, -0.2) is 38.0 Å². The average Bonchev–Trinajstić information content (AvgIpc) is 2.68. The third-order valence-electron chi connectivity index (χ3n) is 4.00. The molecule has 30 heavy (non-hydrogen) atoms. The highest BCUT2D eigenvalue weighted by atomic mass is 79.9. The van der Waals surface area contributed by atoms with E-state index in [2.05, 4.69) is 26.0 Å². The van der Waals surface area contributed by atoms with Gasteiger partial charge in [0, 0.05) is 16.1 Å². The van der Waals surface area contributed by atoms with Crippen molar-refractivity contribution in [3.63, 3.8) is 0 Å². The number of aromatic amines is 1. The van der Waals surface area contributed by atoms with Crippen LogP contribution in [0.3, 0.4) is 0 Å². The van der Waals surface area contributed by atoms with Crippen LogP contribution in [0.4, 0.5) is 5.69 Å². The number of halogens is 1. The van der Waals surface area contributed by atoms with Gasteiger partial charge in [-0.1, -0.05) is 28.1 Å². The molecule has 0 fully saturated rings. The van der Waals surface area contributed by atoms with Crippen molar-refractivity contribution < 1.29 is 19.6 Å². The molecule has 2 N–H and O–H groups in total. The lowest BCUT2D eigenvalue weighted by molar-refractivity contribution is -0.386. The van der Waals surface area contributed by atoms with Crippen molar-refractivity contribution in [2.24, 2.45) is 5.10 Å². The molecular formula is C18H13BrN4O7. The first kappa shape index (κ1) is 20.9. The second kappa shape index (κ2) is 8.29. The Hall–Kier alpha value is -3.80. The van der Waals surface area contributed by atoms with Gasteiger partial charge in [0.15, 0.2) is 6.10 Å². The Morgan fingerprint density at radius 2 is 2.07 bits per heavy atom. The molecule has 0 amide bonds. The molecular weight excluding hydrogens is 464 g/mol. The molecule has 0 saturated heterocycles. The third kappa shape index (κ3) is 4.12. The summed E-state index contributed by atoms with van der Waals surface area (Å²) in [6.07, 6.45) is -0.392. The van der Waals surface area contributed by atoms with E-state index >= 15 is 0 Å². The number of carbonyl (C=O) groups is 1. The van der Waals surface area contributed by atoms with Gasteiger partial charge in [-0.2, -0.15) is 5.10 Å². The molecule has 3 aromatic rings. The molecule has 2 aromatic carbocycles. The number of nitro groups is 1. The van der Waals surface area contributed by atoms with Crippen LogP contribution < -0.4 is 16.0 Å². The molecule has 3 rings (SSSR count). The van der Waals surface area contributed by atoms with Crippen LogP contribution in [0.1, 0.15) is 12.5 Å². The average molecular weight is 477 g/mol. The minimum atomic E-state index is -1.40. The largest absolute Gasteiger partial charge is 0.479 e. The molecule has 0 saturated carbocycles. The van der Waals surface area contributed by atoms with Crippen LogP contribution in [0, 0.1) is 10.1 Å². The molecule has 0 radical (unpaired) electrons. The lowest BCUT2D eigenvalue weighted by atomic mass is 10.2. The number of ether oxygens (including phenoxy) is 1. The number of benzene rings is 2. The number of aromatic nitrogens is 2. The SMILES string of the molecule is CC(Oc1c(C=Nn2c(=O)[nH]c3ccccc3c2=O)cc(Br)cc1[N+](=O)[O-])C(=O)O. The Morgan fingerprint density at radius 1 is 1.37 bits per heavy atom. The van der Waals surface area contributed by atoms with E-state index in [1.54, 1.807) is 18.2 Å². The Kier molecular flexibility index (Phi) is 5.78. The third-order valence-corrected chi connectivity index (χ3v) is 4.46. The number of hydrogen-bond donors (Lipinski definition) is 2. The molecule has 1 unspecified atom stereocenters. The first-order chi connectivity index (χ1) is 14.2. The minimum Gasteiger partial charge on any atom is -0.479 e. The van der Waals surface area contributed by atoms with Crippen LogP contribution in [0.2, 0.25) is 0 Å². The monoisotopic (exact) mass is 476 g/mol. The summed E-state index contributed by atoms with van der Waals surface area (Å²) in [7, 11) is 0. The number of para-hydroxylation sites is 1. The maximum Gasteiger partial charge on any atom is 0.349 e. The zero-order valence-corrected chi connectivity index (χ0v) is 16.8. The number of carboxylic acids is 1. The lowest BCUT2D eigenvalue weighted by Crippen LogP contribution is -2.32. The number of nitrogens with one attached hydrogen (secondary N) is 1. The van der Waals surface area contributed by atoms with Crippen molar-refractivity contribution >= 4 is 44.7 Å². The first-order valence-electron chi connectivity index (χ1n) is 8.35. The van der Waals surface area contributed by atoms with E-state index < -0.39 is 33.9 Å². The van der Waals surface area contributed by atoms with E-state index in [1.807, 2.05) is 0 Å². The Bertz CT molecular complexity index is 1310. The molecule has 0 bridgehead atoms. The van der Waals surface area contributed by atoms with Gasteiger partial charge in [-0.05, 0) is 25.1 Å². The van der Waals surface area contributed by atoms with Gasteiger partial charge in [-0.25, -0.2) is 9.59 Å². The van der Waals surface area contributed by atoms with E-state index in [0.29, 0.717) is 10.2 Å². The summed E-state index contributed by atoms with van der Waals surface area (Å²) >= 11 is 3.12. The molecule has 11 nitrogen and oxygen atoms in total. The number of H-pyrrole nitrogens is 1. The zero-order valence-electron chi connectivity index (χ0n) is 15.2. The van der Waals surface area contributed by atoms with Crippen LogP contribution in [-0.2, 0) is 4.79 Å². The van der Waals surface area contributed by atoms with Gasteiger partial charge in [-0.15, -0.1) is 4.68 Å². The molecule has 0 aliphatic rings. The second-order valence-corrected chi connectivity index (χ2v) is 6.95. The Balaban J connectivity index is 2.17. The fraction of sp³-hybridized carbons (Fsp3) is 0.111. The van der Waals surface area contributed by atoms with Crippen molar-refractivity contribution in [1.82, 2.24) is 9.66 Å². The number of fused-ring (bicyclic) bond motifs is 1. The molecule has 0 aliphatic heterocycles. The van der Waals surface area contributed by atoms with Gasteiger partial charge in [0.2, 0.25) is 5.75 Å². The van der Waals surface area contributed by atoms with E-state index in [4.69, 9.17) is 9.84 Å². The standard InChI is InChI=1S/C18H13BrN4O7/c1-9(17(25)26)30-15-10(6-11(19)7-14(15)23(28)29)8-20-22-16(24)12-4-2-3-5-13(12)21-18(22)27/h2-9H,1H3,(H,21,27)(H,25,26). The van der Waals surface area contributed by atoms with Gasteiger partial charge in [0.05, 0.1) is 22.0 Å². The zero-order chi connectivity index (χ0) is 22.0. The first-order valence-corrected chi connectivity index (χ1v) is 9.14. The van der Waals surface area contributed by atoms with E-state index in [9.17, 15) is 24.5 Å². The smallest absolute Gasteiger partial charge is 0.349 e. The van der Waals surface area contributed by atoms with E-state index in [-0.39, 0.29) is 21.2 Å². The number of rotatable bonds is 6. The highest BCUT2D eigenvalue weighted by Crippen LogP contribution is 2.34. The second-order valence-electron chi connectivity index (χ2n) is 6.04. The van der Waals surface area contributed by atoms with Crippen LogP contribution >= 0.6 is 15.9 Å². The number of aliphatic carboxylic acids is 1. The highest BCUT2D eigenvalue weighted by Gasteiger charge is 2.24. The highest BCUT2D eigenvalue weighted by molar-refractivity contribution is 9.10. The summed E-state index contributed by atoms with van der Waals surface area (Å²) in [5.74, 6) is -1.70. The molecule has 12 heteroatoms. The Labute approximate surface area is 175 Å². The van der Waals surface area contributed by atoms with Crippen LogP contribution in [0.5, 0.6) is 5.75 Å². The number of nitro benzene ring substituents is 1. The number of hydrogen-bond acceptors (Lipinski definition) is 7. The maximum atomic E-state index is 12.6. The van der Waals surface area contributed by atoms with Crippen LogP contribution in [0.25, 0.3) is 10.9 Å². The van der Waals surface area contributed by atoms with Gasteiger partial charge in [0.1, 0.15) is 0 Å². The maximum absolute atomic E-state index is 12.6. The van der Waals surface area contributed by atoms with Gasteiger partial charge in [0.25, 0.3) is 5.56 Å². The molecule has 1 atom stereocenters. The molecule has 0 spiro atoms. The van der Waals surface area contributed by atoms with Crippen molar-refractivity contribution in [3.8, 4) is 5.75 Å². The molecule has 0 aliphatic carbocycles. The van der Waals surface area contributed by atoms with Crippen molar-refractivity contribution in [1.29, 1.82) is 0 Å². The van der Waals surface area contributed by atoms with Gasteiger partial charge >= 0.3 is 17.3 Å². The fourth-order valence-corrected chi connectivity index (χ4v) is 3.03. The molecule has 154 valence electrons. The quantitative estimate of drug-likeness (QED) is 0.313. The van der Waals surface area contributed by atoms with Crippen molar-refractivity contribution in [2.75, 3.05) is 0 Å². The summed E-state index contributed by atoms with van der Waals surface area (Å²) in [6, 6.07) is 8.85. The predicted molar refractivity (Wildman–Crippen MR) is 110 cm³/mol. The molecule has 1 heterocycles. The number of nitrogens with zero attached hydrogens (tertiary/aromatic N) is 3. The van der Waals surface area contributed by atoms with Gasteiger partial charge in [-0.3, -0.25) is 14.9 Å². The van der Waals surface area contributed by atoms with Gasteiger partial charge < -0.3 is 14.8 Å². The van der Waals surface area contributed by atoms with Crippen LogP contribution in [0.15, 0.2) is 55.6 Å². The summed E-state index contributed by atoms with van der Waals surface area (Å²) in [4.78, 5) is 49.1. The van der Waals surface area contributed by atoms with E-state index in [0.717, 1.165) is 12.3 Å². The van der Waals surface area contributed by atoms with Crippen molar-refractivity contribution in [2.45, 2.75) is 13.0 Å². The van der Waals surface area contributed by atoms with E-state index in [1.165, 1.54) is 19.1 Å².